The second-order valence-corrected chi connectivity index (χ2v) is 5.81. The summed E-state index contributed by atoms with van der Waals surface area (Å²) in [5, 5.41) is 21.8. The summed E-state index contributed by atoms with van der Waals surface area (Å²) in [4.78, 5) is 35.8. The van der Waals surface area contributed by atoms with E-state index in [9.17, 15) is 24.8 Å². The Morgan fingerprint density at radius 2 is 1.77 bits per heavy atom. The predicted octanol–water partition coefficient (Wildman–Crippen LogP) is 2.79. The van der Waals surface area contributed by atoms with Crippen molar-refractivity contribution in [3.05, 3.63) is 80.9 Å². The smallest absolute Gasteiger partial charge is 0.234 e. The molecule has 0 saturated heterocycles. The molecule has 0 aromatic heterocycles. The highest BCUT2D eigenvalue weighted by Gasteiger charge is 2.39. The lowest BCUT2D eigenvalue weighted by Gasteiger charge is -2.23. The van der Waals surface area contributed by atoms with Crippen LogP contribution in [0.15, 0.2) is 54.1 Å². The number of ketones is 2. The molecule has 1 atom stereocenters. The highest BCUT2D eigenvalue weighted by Crippen LogP contribution is 2.37. The molecular formula is C19H15NO6. The number of Topliss-reactive ketones (excluding diaryl/α,β-unsaturated/α-hetero) is 2. The van der Waals surface area contributed by atoms with Gasteiger partial charge in [0.05, 0.1) is 18.6 Å². The van der Waals surface area contributed by atoms with Crippen molar-refractivity contribution in [1.29, 1.82) is 0 Å². The fourth-order valence-corrected chi connectivity index (χ4v) is 3.06. The summed E-state index contributed by atoms with van der Waals surface area (Å²) >= 11 is 0. The Balaban J connectivity index is 2.21. The fraction of sp³-hybridized carbons (Fsp3) is 0.158. The van der Waals surface area contributed by atoms with Crippen LogP contribution in [0.3, 0.4) is 0 Å². The van der Waals surface area contributed by atoms with Crippen molar-refractivity contribution in [2.24, 2.45) is 0 Å². The first-order chi connectivity index (χ1) is 12.4. The Morgan fingerprint density at radius 3 is 2.38 bits per heavy atom. The second kappa shape index (κ2) is 6.79. The molecule has 1 unspecified atom stereocenters. The summed E-state index contributed by atoms with van der Waals surface area (Å²) in [6.45, 7) is -0.617. The van der Waals surface area contributed by atoms with E-state index in [0.29, 0.717) is 11.3 Å². The van der Waals surface area contributed by atoms with E-state index < -0.39 is 34.7 Å². The Kier molecular flexibility index (Phi) is 4.53. The highest BCUT2D eigenvalue weighted by atomic mass is 16.6. The van der Waals surface area contributed by atoms with Crippen LogP contribution in [-0.2, 0) is 4.79 Å². The van der Waals surface area contributed by atoms with E-state index >= 15 is 0 Å². The van der Waals surface area contributed by atoms with Gasteiger partial charge in [-0.3, -0.25) is 19.7 Å². The Labute approximate surface area is 148 Å². The molecule has 0 spiro atoms. The molecule has 2 aromatic carbocycles. The number of methoxy groups -OCH3 is 1. The molecular weight excluding hydrogens is 338 g/mol. The quantitative estimate of drug-likeness (QED) is 0.503. The number of benzene rings is 2. The van der Waals surface area contributed by atoms with Crippen LogP contribution in [0.5, 0.6) is 5.75 Å². The van der Waals surface area contributed by atoms with Gasteiger partial charge in [-0.2, -0.15) is 0 Å². The zero-order chi connectivity index (χ0) is 18.8. The minimum atomic E-state index is -1.03. The molecule has 0 bridgehead atoms. The summed E-state index contributed by atoms with van der Waals surface area (Å²) in [5.74, 6) is -2.85. The lowest BCUT2D eigenvalue weighted by atomic mass is 9.79. The maximum absolute atomic E-state index is 12.7. The number of hydrogen-bond donors (Lipinski definition) is 1. The number of aliphatic hydroxyl groups excluding tert-OH is 1. The monoisotopic (exact) mass is 353 g/mol. The average molecular weight is 353 g/mol. The molecule has 0 saturated carbocycles. The van der Waals surface area contributed by atoms with Crippen molar-refractivity contribution in [2.45, 2.75) is 5.92 Å². The number of carbonyl (C=O) groups excluding carboxylic acids is 2. The van der Waals surface area contributed by atoms with Gasteiger partial charge in [0.15, 0.2) is 0 Å². The van der Waals surface area contributed by atoms with Gasteiger partial charge in [-0.25, -0.2) is 0 Å². The van der Waals surface area contributed by atoms with E-state index in [1.807, 2.05) is 0 Å². The van der Waals surface area contributed by atoms with Crippen LogP contribution in [-0.4, -0.2) is 35.3 Å². The van der Waals surface area contributed by atoms with Crippen LogP contribution >= 0.6 is 0 Å². The molecule has 0 heterocycles. The number of hydrogen-bond acceptors (Lipinski definition) is 6. The average Bonchev–Trinajstić information content (AvgIpc) is 2.65. The van der Waals surface area contributed by atoms with Crippen molar-refractivity contribution in [3.63, 3.8) is 0 Å². The van der Waals surface area contributed by atoms with Crippen LogP contribution < -0.4 is 4.74 Å². The van der Waals surface area contributed by atoms with E-state index in [-0.39, 0.29) is 16.7 Å². The fourth-order valence-electron chi connectivity index (χ4n) is 3.06. The third-order valence-electron chi connectivity index (χ3n) is 4.31. The van der Waals surface area contributed by atoms with Gasteiger partial charge in [0.25, 0.3) is 0 Å². The van der Waals surface area contributed by atoms with Gasteiger partial charge in [-0.05, 0) is 23.8 Å². The molecule has 0 aliphatic heterocycles. The first kappa shape index (κ1) is 17.3. The molecule has 7 nitrogen and oxygen atoms in total. The first-order valence-electron chi connectivity index (χ1n) is 7.81. The van der Waals surface area contributed by atoms with Crippen LogP contribution in [0.4, 0.5) is 0 Å². The second-order valence-electron chi connectivity index (χ2n) is 5.81. The van der Waals surface area contributed by atoms with Gasteiger partial charge in [-0.1, -0.05) is 30.3 Å². The Hall–Kier alpha value is -3.48. The predicted molar refractivity (Wildman–Crippen MR) is 92.9 cm³/mol. The van der Waals surface area contributed by atoms with Gasteiger partial charge in [0, 0.05) is 16.1 Å². The normalized spacial score (nSPS) is 14.8. The van der Waals surface area contributed by atoms with E-state index in [1.165, 1.54) is 19.2 Å². The topological polar surface area (TPSA) is 107 Å². The molecule has 2 aromatic rings. The lowest BCUT2D eigenvalue weighted by Crippen LogP contribution is -2.30. The zero-order valence-corrected chi connectivity index (χ0v) is 13.8. The van der Waals surface area contributed by atoms with Crippen LogP contribution in [0, 0.1) is 10.1 Å². The first-order valence-corrected chi connectivity index (χ1v) is 7.81. The molecule has 0 fully saturated rings. The molecule has 1 aliphatic rings. The van der Waals surface area contributed by atoms with Crippen molar-refractivity contribution in [2.75, 3.05) is 13.7 Å². The Bertz CT molecular complexity index is 932. The number of rotatable bonds is 5. The van der Waals surface area contributed by atoms with Crippen molar-refractivity contribution in [1.82, 2.24) is 0 Å². The number of ether oxygens (including phenoxy) is 1. The minimum Gasteiger partial charge on any atom is -0.507 e. The third-order valence-corrected chi connectivity index (χ3v) is 4.31. The van der Waals surface area contributed by atoms with Crippen LogP contribution in [0.1, 0.15) is 27.4 Å². The molecule has 7 heteroatoms. The molecule has 0 amide bonds. The van der Waals surface area contributed by atoms with Gasteiger partial charge in [-0.15, -0.1) is 0 Å². The molecule has 1 N–H and O–H groups in total. The molecule has 1 aliphatic carbocycles. The molecule has 26 heavy (non-hydrogen) atoms. The van der Waals surface area contributed by atoms with Gasteiger partial charge in [0.1, 0.15) is 11.5 Å². The molecule has 132 valence electrons. The van der Waals surface area contributed by atoms with Gasteiger partial charge >= 0.3 is 0 Å². The number of carbonyl (C=O) groups is 2. The van der Waals surface area contributed by atoms with E-state index in [0.717, 1.165) is 0 Å². The van der Waals surface area contributed by atoms with Crippen molar-refractivity contribution in [3.8, 4) is 5.75 Å². The highest BCUT2D eigenvalue weighted by molar-refractivity contribution is 6.52. The summed E-state index contributed by atoms with van der Waals surface area (Å²) in [7, 11) is 1.42. The molecule has 3 rings (SSSR count). The standard InChI is InChI=1S/C19H15NO6/c1-26-12-7-8-13-14(9-12)18(22)19(23)16(17(13)21)15(10-20(24)25)11-5-3-2-4-6-11/h2-9,15,21H,10H2,1H3. The third kappa shape index (κ3) is 2.95. The number of fused-ring (bicyclic) bond motifs is 1. The number of nitrogens with zero attached hydrogens (tertiary/aromatic N) is 1. The largest absolute Gasteiger partial charge is 0.507 e. The van der Waals surface area contributed by atoms with Crippen molar-refractivity contribution >= 4 is 17.3 Å². The summed E-state index contributed by atoms with van der Waals surface area (Å²) in [6, 6.07) is 12.7. The zero-order valence-electron chi connectivity index (χ0n) is 13.8. The van der Waals surface area contributed by atoms with Gasteiger partial charge < -0.3 is 9.84 Å². The van der Waals surface area contributed by atoms with Gasteiger partial charge in [0.2, 0.25) is 18.1 Å². The van der Waals surface area contributed by atoms with E-state index in [4.69, 9.17) is 4.74 Å². The van der Waals surface area contributed by atoms with E-state index in [2.05, 4.69) is 0 Å². The number of nitro groups is 1. The number of aliphatic hydroxyl groups is 1. The summed E-state index contributed by atoms with van der Waals surface area (Å²) in [5.41, 5.74) is 0.401. The summed E-state index contributed by atoms with van der Waals surface area (Å²) < 4.78 is 5.04. The SMILES string of the molecule is COc1ccc2c(c1)C(=O)C(=O)C(C(C[N+](=O)[O-])c1ccccc1)=C2O. The Morgan fingerprint density at radius 1 is 1.08 bits per heavy atom. The maximum atomic E-state index is 12.7. The summed E-state index contributed by atoms with van der Waals surface area (Å²) in [6.07, 6.45) is 0. The maximum Gasteiger partial charge on any atom is 0.234 e. The van der Waals surface area contributed by atoms with Crippen LogP contribution in [0.25, 0.3) is 5.76 Å². The molecule has 0 radical (unpaired) electrons. The minimum absolute atomic E-state index is 0.0171. The van der Waals surface area contributed by atoms with Crippen molar-refractivity contribution < 1.29 is 24.4 Å². The lowest BCUT2D eigenvalue weighted by molar-refractivity contribution is -0.481. The van der Waals surface area contributed by atoms with E-state index in [1.54, 1.807) is 36.4 Å². The van der Waals surface area contributed by atoms with Crippen LogP contribution in [0.2, 0.25) is 0 Å².